The lowest BCUT2D eigenvalue weighted by atomic mass is 10.0. The van der Waals surface area contributed by atoms with Gasteiger partial charge in [0.2, 0.25) is 0 Å². The highest BCUT2D eigenvalue weighted by atomic mass is 16.6. The zero-order valence-electron chi connectivity index (χ0n) is 48.6. The highest BCUT2D eigenvalue weighted by Crippen LogP contribution is 2.16. The SMILES string of the molecule is CC/C=C\C/C=C\C/C=C\C/C=C\CCCCCCCCCCCCCCCCCCC(=O)OCC(COC(=O)CCCCCCCCCCCCCC)OC(=O)CCCC/C=C\C/C=C\C/C=C\C/C=C\CC. The molecule has 424 valence electrons. The predicted molar refractivity (Wildman–Crippen MR) is 320 cm³/mol. The molecule has 0 amide bonds. The lowest BCUT2D eigenvalue weighted by Gasteiger charge is -2.18. The topological polar surface area (TPSA) is 78.9 Å². The van der Waals surface area contributed by atoms with Gasteiger partial charge in [-0.1, -0.05) is 279 Å². The molecule has 0 aromatic carbocycles. The van der Waals surface area contributed by atoms with Crippen molar-refractivity contribution in [3.63, 3.8) is 0 Å². The van der Waals surface area contributed by atoms with Gasteiger partial charge in [0.05, 0.1) is 0 Å². The summed E-state index contributed by atoms with van der Waals surface area (Å²) >= 11 is 0. The first-order valence-electron chi connectivity index (χ1n) is 31.2. The monoisotopic (exact) mass is 1030 g/mol. The molecular formula is C68H116O6. The van der Waals surface area contributed by atoms with E-state index in [1.54, 1.807) is 0 Å². The van der Waals surface area contributed by atoms with Crippen LogP contribution in [-0.2, 0) is 28.6 Å². The number of esters is 3. The van der Waals surface area contributed by atoms with Crippen molar-refractivity contribution in [2.45, 2.75) is 303 Å². The van der Waals surface area contributed by atoms with Crippen LogP contribution in [0.4, 0.5) is 0 Å². The largest absolute Gasteiger partial charge is 0.462 e. The van der Waals surface area contributed by atoms with Crippen molar-refractivity contribution < 1.29 is 28.6 Å². The van der Waals surface area contributed by atoms with E-state index in [1.807, 2.05) is 0 Å². The zero-order valence-corrected chi connectivity index (χ0v) is 48.6. The third-order valence-electron chi connectivity index (χ3n) is 13.3. The molecule has 0 bridgehead atoms. The maximum absolute atomic E-state index is 12.8. The third-order valence-corrected chi connectivity index (χ3v) is 13.3. The second-order valence-electron chi connectivity index (χ2n) is 20.6. The highest BCUT2D eigenvalue weighted by Gasteiger charge is 2.19. The van der Waals surface area contributed by atoms with E-state index in [0.717, 1.165) is 103 Å². The molecule has 0 saturated carbocycles. The summed E-state index contributed by atoms with van der Waals surface area (Å²) in [5, 5.41) is 0. The molecule has 1 unspecified atom stereocenters. The van der Waals surface area contributed by atoms with Gasteiger partial charge in [-0.25, -0.2) is 0 Å². The van der Waals surface area contributed by atoms with Crippen LogP contribution < -0.4 is 0 Å². The quantitative estimate of drug-likeness (QED) is 0.0261. The Labute approximate surface area is 457 Å². The summed E-state index contributed by atoms with van der Waals surface area (Å²) in [4.78, 5) is 38.2. The maximum atomic E-state index is 12.8. The molecule has 0 radical (unpaired) electrons. The van der Waals surface area contributed by atoms with Gasteiger partial charge in [-0.2, -0.15) is 0 Å². The molecule has 6 nitrogen and oxygen atoms in total. The van der Waals surface area contributed by atoms with Crippen molar-refractivity contribution in [3.05, 3.63) is 97.2 Å². The van der Waals surface area contributed by atoms with Crippen LogP contribution in [0, 0.1) is 0 Å². The Kier molecular flexibility index (Phi) is 58.8. The summed E-state index contributed by atoms with van der Waals surface area (Å²) in [6, 6.07) is 0. The number of hydrogen-bond acceptors (Lipinski definition) is 6. The van der Waals surface area contributed by atoms with E-state index < -0.39 is 6.10 Å². The van der Waals surface area contributed by atoms with Gasteiger partial charge in [-0.3, -0.25) is 14.4 Å². The van der Waals surface area contributed by atoms with Crippen LogP contribution in [0.25, 0.3) is 0 Å². The number of carbonyl (C=O) groups is 3. The van der Waals surface area contributed by atoms with E-state index in [4.69, 9.17) is 14.2 Å². The summed E-state index contributed by atoms with van der Waals surface area (Å²) in [6.45, 7) is 6.40. The first kappa shape index (κ1) is 70.3. The first-order chi connectivity index (χ1) is 36.5. The van der Waals surface area contributed by atoms with Crippen molar-refractivity contribution in [1.29, 1.82) is 0 Å². The number of rotatable bonds is 56. The van der Waals surface area contributed by atoms with Gasteiger partial charge in [-0.15, -0.1) is 0 Å². The van der Waals surface area contributed by atoms with Crippen LogP contribution in [0.15, 0.2) is 97.2 Å². The van der Waals surface area contributed by atoms with Crippen LogP contribution in [0.1, 0.15) is 297 Å². The van der Waals surface area contributed by atoms with Crippen LogP contribution in [0.5, 0.6) is 0 Å². The molecule has 6 heteroatoms. The van der Waals surface area contributed by atoms with Crippen molar-refractivity contribution in [2.75, 3.05) is 13.2 Å². The second kappa shape index (κ2) is 61.9. The molecular weight excluding hydrogens is 913 g/mol. The Morgan fingerprint density at radius 2 is 0.527 bits per heavy atom. The van der Waals surface area contributed by atoms with Crippen molar-refractivity contribution >= 4 is 17.9 Å². The van der Waals surface area contributed by atoms with E-state index in [2.05, 4.69) is 118 Å². The minimum Gasteiger partial charge on any atom is -0.462 e. The Bertz CT molecular complexity index is 1460. The predicted octanol–water partition coefficient (Wildman–Crippen LogP) is 21.3. The van der Waals surface area contributed by atoms with Crippen LogP contribution >= 0.6 is 0 Å². The molecule has 74 heavy (non-hydrogen) atoms. The minimum absolute atomic E-state index is 0.0906. The van der Waals surface area contributed by atoms with E-state index in [-0.39, 0.29) is 37.5 Å². The summed E-state index contributed by atoms with van der Waals surface area (Å²) in [7, 11) is 0. The van der Waals surface area contributed by atoms with E-state index in [1.165, 1.54) is 148 Å². The van der Waals surface area contributed by atoms with E-state index in [9.17, 15) is 14.4 Å². The molecule has 0 N–H and O–H groups in total. The molecule has 0 saturated heterocycles. The molecule has 0 spiro atoms. The van der Waals surface area contributed by atoms with Gasteiger partial charge >= 0.3 is 17.9 Å². The lowest BCUT2D eigenvalue weighted by Crippen LogP contribution is -2.30. The van der Waals surface area contributed by atoms with Crippen LogP contribution in [-0.4, -0.2) is 37.2 Å². The number of carbonyl (C=O) groups excluding carboxylic acids is 3. The lowest BCUT2D eigenvalue weighted by molar-refractivity contribution is -0.167. The Hall–Kier alpha value is -3.67. The highest BCUT2D eigenvalue weighted by molar-refractivity contribution is 5.71. The summed E-state index contributed by atoms with van der Waals surface area (Å²) in [6.07, 6.45) is 82.8. The molecule has 0 aliphatic heterocycles. The van der Waals surface area contributed by atoms with Crippen molar-refractivity contribution in [2.24, 2.45) is 0 Å². The molecule has 0 aromatic heterocycles. The van der Waals surface area contributed by atoms with Gasteiger partial charge in [0, 0.05) is 19.3 Å². The summed E-state index contributed by atoms with van der Waals surface area (Å²) in [5.74, 6) is -0.924. The van der Waals surface area contributed by atoms with E-state index in [0.29, 0.717) is 19.3 Å². The molecule has 0 rings (SSSR count). The average Bonchev–Trinajstić information content (AvgIpc) is 3.40. The fourth-order valence-electron chi connectivity index (χ4n) is 8.72. The molecule has 0 aliphatic rings. The Morgan fingerprint density at radius 1 is 0.284 bits per heavy atom. The second-order valence-corrected chi connectivity index (χ2v) is 20.6. The van der Waals surface area contributed by atoms with Gasteiger partial charge in [0.15, 0.2) is 6.10 Å². The van der Waals surface area contributed by atoms with Crippen LogP contribution in [0.2, 0.25) is 0 Å². The first-order valence-corrected chi connectivity index (χ1v) is 31.2. The molecule has 1 atom stereocenters. The van der Waals surface area contributed by atoms with Gasteiger partial charge in [0.25, 0.3) is 0 Å². The summed E-state index contributed by atoms with van der Waals surface area (Å²) < 4.78 is 16.9. The zero-order chi connectivity index (χ0) is 53.6. The van der Waals surface area contributed by atoms with Crippen LogP contribution in [0.3, 0.4) is 0 Å². The fourth-order valence-corrected chi connectivity index (χ4v) is 8.72. The summed E-state index contributed by atoms with van der Waals surface area (Å²) in [5.41, 5.74) is 0. The number of allylic oxidation sites excluding steroid dienone is 16. The Morgan fingerprint density at radius 3 is 0.851 bits per heavy atom. The standard InChI is InChI=1S/C68H116O6/c1-4-7-10-13-16-19-22-25-27-28-29-30-31-32-33-34-35-36-37-38-39-40-42-43-46-49-52-55-58-61-67(70)73-64-65(63-72-66(69)60-57-54-51-48-45-24-21-18-15-12-9-6-3)74-68(71)62-59-56-53-50-47-44-41-26-23-20-17-14-11-8-5-2/h7-8,10-11,16-17,19-20,25-27,29-30,41,47,50,65H,4-6,9,12-15,18,21-24,28,31-40,42-46,48-49,51-64H2,1-3H3/b10-7-,11-8-,19-16-,20-17-,27-25-,30-29-,41-26-,50-47-. The smallest absolute Gasteiger partial charge is 0.306 e. The fraction of sp³-hybridized carbons (Fsp3) is 0.721. The maximum Gasteiger partial charge on any atom is 0.306 e. The van der Waals surface area contributed by atoms with Gasteiger partial charge < -0.3 is 14.2 Å². The van der Waals surface area contributed by atoms with Gasteiger partial charge in [0.1, 0.15) is 13.2 Å². The molecule has 0 heterocycles. The van der Waals surface area contributed by atoms with E-state index >= 15 is 0 Å². The van der Waals surface area contributed by atoms with Crippen molar-refractivity contribution in [1.82, 2.24) is 0 Å². The normalized spacial score (nSPS) is 12.7. The number of hydrogen-bond donors (Lipinski definition) is 0. The average molecular weight is 1030 g/mol. The molecule has 0 fully saturated rings. The third kappa shape index (κ3) is 59.2. The van der Waals surface area contributed by atoms with Crippen molar-refractivity contribution in [3.8, 4) is 0 Å². The molecule has 0 aromatic rings. The van der Waals surface area contributed by atoms with Gasteiger partial charge in [-0.05, 0) is 96.3 Å². The number of ether oxygens (including phenoxy) is 3. The Balaban J connectivity index is 4.22. The minimum atomic E-state index is -0.797. The molecule has 0 aliphatic carbocycles. The number of unbranched alkanes of at least 4 members (excludes halogenated alkanes) is 29.